The van der Waals surface area contributed by atoms with Crippen LogP contribution in [0.2, 0.25) is 5.02 Å². The van der Waals surface area contributed by atoms with Gasteiger partial charge in [0.15, 0.2) is 0 Å². The van der Waals surface area contributed by atoms with Crippen molar-refractivity contribution in [1.29, 1.82) is 0 Å². The molecule has 0 spiro atoms. The van der Waals surface area contributed by atoms with E-state index >= 15 is 0 Å². The molecule has 1 saturated heterocycles. The topological polar surface area (TPSA) is 75.4 Å². The van der Waals surface area contributed by atoms with E-state index in [-0.39, 0.29) is 0 Å². The monoisotopic (exact) mass is 317 g/mol. The highest BCUT2D eigenvalue weighted by Gasteiger charge is 2.23. The highest BCUT2D eigenvalue weighted by Crippen LogP contribution is 2.28. The van der Waals surface area contributed by atoms with E-state index in [2.05, 4.69) is 4.72 Å². The van der Waals surface area contributed by atoms with Crippen LogP contribution in [0.3, 0.4) is 0 Å². The van der Waals surface area contributed by atoms with Crippen LogP contribution in [-0.4, -0.2) is 25.8 Å². The van der Waals surface area contributed by atoms with E-state index in [0.29, 0.717) is 29.5 Å². The summed E-state index contributed by atoms with van der Waals surface area (Å²) in [6.45, 7) is 2.93. The van der Waals surface area contributed by atoms with E-state index < -0.39 is 10.2 Å². The average molecular weight is 318 g/mol. The van der Waals surface area contributed by atoms with Crippen molar-refractivity contribution >= 4 is 33.2 Å². The van der Waals surface area contributed by atoms with Gasteiger partial charge in [0.1, 0.15) is 0 Å². The molecule has 0 unspecified atom stereocenters. The summed E-state index contributed by atoms with van der Waals surface area (Å²) in [6, 6.07) is 3.23. The second-order valence-corrected chi connectivity index (χ2v) is 7.19. The number of nitrogen functional groups attached to an aromatic ring is 1. The molecule has 20 heavy (non-hydrogen) atoms. The first kappa shape index (κ1) is 15.4. The number of hydrogen-bond donors (Lipinski definition) is 2. The van der Waals surface area contributed by atoms with E-state index in [1.54, 1.807) is 19.1 Å². The van der Waals surface area contributed by atoms with Gasteiger partial charge in [-0.1, -0.05) is 24.4 Å². The Kier molecular flexibility index (Phi) is 4.78. The maximum absolute atomic E-state index is 12.4. The van der Waals surface area contributed by atoms with Crippen molar-refractivity contribution in [3.05, 3.63) is 22.7 Å². The first-order valence-electron chi connectivity index (χ1n) is 6.73. The molecule has 1 heterocycles. The lowest BCUT2D eigenvalue weighted by atomic mass is 10.2. The van der Waals surface area contributed by atoms with Crippen molar-refractivity contribution in [2.75, 3.05) is 23.5 Å². The minimum Gasteiger partial charge on any atom is -0.398 e. The van der Waals surface area contributed by atoms with Crippen LogP contribution in [0.15, 0.2) is 12.1 Å². The number of hydrogen-bond acceptors (Lipinski definition) is 3. The van der Waals surface area contributed by atoms with Crippen molar-refractivity contribution in [2.24, 2.45) is 0 Å². The quantitative estimate of drug-likeness (QED) is 0.842. The molecule has 3 N–H and O–H groups in total. The molecule has 1 aliphatic rings. The fraction of sp³-hybridized carbons (Fsp3) is 0.538. The number of rotatable bonds is 3. The summed E-state index contributed by atoms with van der Waals surface area (Å²) >= 11 is 5.95. The Morgan fingerprint density at radius 2 is 1.80 bits per heavy atom. The largest absolute Gasteiger partial charge is 0.398 e. The lowest BCUT2D eigenvalue weighted by Crippen LogP contribution is -2.36. The molecular formula is C13H20ClN3O2S. The molecule has 0 amide bonds. The first-order chi connectivity index (χ1) is 9.40. The van der Waals surface area contributed by atoms with Crippen LogP contribution in [0.5, 0.6) is 0 Å². The lowest BCUT2D eigenvalue weighted by molar-refractivity contribution is 0.427. The molecule has 1 aromatic carbocycles. The van der Waals surface area contributed by atoms with Gasteiger partial charge in [0.05, 0.1) is 16.4 Å². The van der Waals surface area contributed by atoms with Crippen LogP contribution < -0.4 is 10.5 Å². The Morgan fingerprint density at radius 3 is 2.40 bits per heavy atom. The number of aryl methyl sites for hydroxylation is 1. The van der Waals surface area contributed by atoms with E-state index in [0.717, 1.165) is 31.2 Å². The van der Waals surface area contributed by atoms with E-state index in [9.17, 15) is 8.42 Å². The van der Waals surface area contributed by atoms with Crippen molar-refractivity contribution in [1.82, 2.24) is 4.31 Å². The zero-order valence-electron chi connectivity index (χ0n) is 11.5. The van der Waals surface area contributed by atoms with Crippen LogP contribution in [-0.2, 0) is 10.2 Å². The van der Waals surface area contributed by atoms with Gasteiger partial charge in [-0.25, -0.2) is 0 Å². The van der Waals surface area contributed by atoms with Gasteiger partial charge in [-0.15, -0.1) is 0 Å². The Balaban J connectivity index is 2.21. The predicted molar refractivity (Wildman–Crippen MR) is 83.2 cm³/mol. The van der Waals surface area contributed by atoms with Gasteiger partial charge in [-0.3, -0.25) is 4.72 Å². The lowest BCUT2D eigenvalue weighted by Gasteiger charge is -2.21. The number of nitrogens with one attached hydrogen (secondary N) is 1. The average Bonchev–Trinajstić information content (AvgIpc) is 2.65. The van der Waals surface area contributed by atoms with Crippen LogP contribution >= 0.6 is 11.6 Å². The molecule has 1 aliphatic heterocycles. The van der Waals surface area contributed by atoms with Gasteiger partial charge in [-0.2, -0.15) is 12.7 Å². The van der Waals surface area contributed by atoms with Gasteiger partial charge >= 0.3 is 10.2 Å². The van der Waals surface area contributed by atoms with E-state index in [1.807, 2.05) is 0 Å². The zero-order valence-corrected chi connectivity index (χ0v) is 13.1. The van der Waals surface area contributed by atoms with Gasteiger partial charge < -0.3 is 5.73 Å². The molecule has 0 aromatic heterocycles. The number of nitrogens with two attached hydrogens (primary N) is 1. The third-order valence-corrected chi connectivity index (χ3v) is 5.34. The van der Waals surface area contributed by atoms with Crippen molar-refractivity contribution in [3.8, 4) is 0 Å². The molecule has 0 saturated carbocycles. The number of benzene rings is 1. The third-order valence-electron chi connectivity index (χ3n) is 3.49. The molecule has 5 nitrogen and oxygen atoms in total. The van der Waals surface area contributed by atoms with E-state index in [1.165, 1.54) is 4.31 Å². The van der Waals surface area contributed by atoms with Crippen LogP contribution in [0.1, 0.15) is 31.2 Å². The summed E-state index contributed by atoms with van der Waals surface area (Å²) in [5.74, 6) is 0. The SMILES string of the molecule is Cc1cc(N)c(Cl)cc1NS(=O)(=O)N1CCCCCC1. The number of halogens is 1. The second-order valence-electron chi connectivity index (χ2n) is 5.11. The highest BCUT2D eigenvalue weighted by molar-refractivity contribution is 7.90. The van der Waals surface area contributed by atoms with Gasteiger partial charge in [0.2, 0.25) is 0 Å². The highest BCUT2D eigenvalue weighted by atomic mass is 35.5. The summed E-state index contributed by atoms with van der Waals surface area (Å²) in [4.78, 5) is 0. The summed E-state index contributed by atoms with van der Waals surface area (Å²) < 4.78 is 28.9. The molecule has 7 heteroatoms. The Bertz CT molecular complexity index is 582. The maximum atomic E-state index is 12.4. The molecule has 2 rings (SSSR count). The molecule has 0 aliphatic carbocycles. The number of anilines is 2. The van der Waals surface area contributed by atoms with Crippen LogP contribution in [0.25, 0.3) is 0 Å². The predicted octanol–water partition coefficient (Wildman–Crippen LogP) is 2.76. The summed E-state index contributed by atoms with van der Waals surface area (Å²) in [5, 5.41) is 0.351. The van der Waals surface area contributed by atoms with Crippen molar-refractivity contribution in [2.45, 2.75) is 32.6 Å². The molecule has 0 atom stereocenters. The fourth-order valence-electron chi connectivity index (χ4n) is 2.30. The molecule has 0 bridgehead atoms. The van der Waals surface area contributed by atoms with Crippen LogP contribution in [0.4, 0.5) is 11.4 Å². The summed E-state index contributed by atoms with van der Waals surface area (Å²) in [5.41, 5.74) is 7.38. The summed E-state index contributed by atoms with van der Waals surface area (Å²) in [7, 11) is -3.53. The summed E-state index contributed by atoms with van der Waals surface area (Å²) in [6.07, 6.45) is 3.97. The Morgan fingerprint density at radius 1 is 1.20 bits per heavy atom. The minimum atomic E-state index is -3.53. The first-order valence-corrected chi connectivity index (χ1v) is 8.55. The van der Waals surface area contributed by atoms with Gasteiger partial charge in [-0.05, 0) is 37.5 Å². The van der Waals surface area contributed by atoms with Gasteiger partial charge in [0, 0.05) is 13.1 Å². The maximum Gasteiger partial charge on any atom is 0.301 e. The number of nitrogens with zero attached hydrogens (tertiary/aromatic N) is 1. The Hall–Kier alpha value is -0.980. The van der Waals surface area contributed by atoms with E-state index in [4.69, 9.17) is 17.3 Å². The molecule has 1 fully saturated rings. The van der Waals surface area contributed by atoms with Crippen molar-refractivity contribution in [3.63, 3.8) is 0 Å². The molecule has 112 valence electrons. The standard InChI is InChI=1S/C13H20ClN3O2S/c1-10-8-12(15)11(14)9-13(10)16-20(18,19)17-6-4-2-3-5-7-17/h8-9,16H,2-7,15H2,1H3. The third kappa shape index (κ3) is 3.56. The minimum absolute atomic E-state index is 0.351. The molecular weight excluding hydrogens is 298 g/mol. The molecule has 1 aromatic rings. The fourth-order valence-corrected chi connectivity index (χ4v) is 3.83. The Labute approximate surface area is 125 Å². The zero-order chi connectivity index (χ0) is 14.8. The normalized spacial score (nSPS) is 17.7. The van der Waals surface area contributed by atoms with Crippen LogP contribution in [0, 0.1) is 6.92 Å². The smallest absolute Gasteiger partial charge is 0.301 e. The van der Waals surface area contributed by atoms with Gasteiger partial charge in [0.25, 0.3) is 0 Å². The molecule has 0 radical (unpaired) electrons. The van der Waals surface area contributed by atoms with Crippen molar-refractivity contribution < 1.29 is 8.42 Å². The second kappa shape index (κ2) is 6.20.